The molecule has 0 bridgehead atoms. The molecule has 0 aromatic heterocycles. The number of hydrogen-bond acceptors (Lipinski definition) is 5. The van der Waals surface area contributed by atoms with Gasteiger partial charge in [0, 0.05) is 0 Å². The molecule has 5 heteroatoms. The molecule has 5 nitrogen and oxygen atoms in total. The number of ether oxygens (including phenoxy) is 5. The van der Waals surface area contributed by atoms with Crippen molar-refractivity contribution in [2.45, 2.75) is 50.8 Å². The van der Waals surface area contributed by atoms with Crippen LogP contribution >= 0.6 is 0 Å². The Balaban J connectivity index is 1.32. The Kier molecular flexibility index (Phi) is 10.3. The first-order valence-corrected chi connectivity index (χ1v) is 13.4. The van der Waals surface area contributed by atoms with Crippen LogP contribution in [0.3, 0.4) is 0 Å². The van der Waals surface area contributed by atoms with Crippen LogP contribution in [0.1, 0.15) is 22.3 Å². The summed E-state index contributed by atoms with van der Waals surface area (Å²) in [6.07, 6.45) is -1.57. The third kappa shape index (κ3) is 8.33. The van der Waals surface area contributed by atoms with E-state index in [1.807, 2.05) is 84.9 Å². The van der Waals surface area contributed by atoms with Gasteiger partial charge in [0.05, 0.1) is 33.0 Å². The molecule has 0 N–H and O–H groups in total. The van der Waals surface area contributed by atoms with Crippen LogP contribution in [0.25, 0.3) is 0 Å². The van der Waals surface area contributed by atoms with Crippen LogP contribution in [0.5, 0.6) is 0 Å². The highest BCUT2D eigenvalue weighted by atomic mass is 16.6. The van der Waals surface area contributed by atoms with E-state index in [9.17, 15) is 0 Å². The minimum atomic E-state index is -0.417. The summed E-state index contributed by atoms with van der Waals surface area (Å²) in [7, 11) is 0. The maximum atomic E-state index is 6.55. The molecule has 0 saturated carbocycles. The standard InChI is InChI=1S/C34H35O5/c1-5-13-27(14-6-1)21-35-25-31-33(38-23-29-17-9-3-10-18-29)34(39-24-30-19-11-4-12-20-30)32(26-37-31)36-22-28-15-7-2-8-16-28/h1-20,26,31-34H,21-25H2/t31-,32+,33+,34-/m1/s1. The minimum Gasteiger partial charge on any atom is -0.374 e. The van der Waals surface area contributed by atoms with Gasteiger partial charge in [-0.25, -0.2) is 0 Å². The number of rotatable bonds is 13. The summed E-state index contributed by atoms with van der Waals surface area (Å²) in [5, 5.41) is 0. The van der Waals surface area contributed by atoms with Gasteiger partial charge in [0.15, 0.2) is 0 Å². The van der Waals surface area contributed by atoms with Crippen molar-refractivity contribution in [2.24, 2.45) is 0 Å². The smallest absolute Gasteiger partial charge is 0.116 e. The van der Waals surface area contributed by atoms with E-state index in [-0.39, 0.29) is 6.10 Å². The molecular weight excluding hydrogens is 488 g/mol. The predicted molar refractivity (Wildman–Crippen MR) is 150 cm³/mol. The van der Waals surface area contributed by atoms with Gasteiger partial charge in [0.1, 0.15) is 31.0 Å². The molecule has 39 heavy (non-hydrogen) atoms. The van der Waals surface area contributed by atoms with Gasteiger partial charge in [-0.2, -0.15) is 0 Å². The van der Waals surface area contributed by atoms with Gasteiger partial charge in [-0.05, 0) is 22.3 Å². The zero-order chi connectivity index (χ0) is 26.5. The second kappa shape index (κ2) is 14.7. The Morgan fingerprint density at radius 3 is 1.36 bits per heavy atom. The summed E-state index contributed by atoms with van der Waals surface area (Å²) in [6.45, 7) is 3.92. The maximum absolute atomic E-state index is 6.55. The predicted octanol–water partition coefficient (Wildman–Crippen LogP) is 6.52. The first-order valence-electron chi connectivity index (χ1n) is 13.4. The molecule has 0 aliphatic carbocycles. The molecule has 0 unspecified atom stereocenters. The third-order valence-corrected chi connectivity index (χ3v) is 6.65. The van der Waals surface area contributed by atoms with E-state index in [2.05, 4.69) is 36.4 Å². The van der Waals surface area contributed by atoms with Crippen molar-refractivity contribution < 1.29 is 23.7 Å². The van der Waals surface area contributed by atoms with Crippen LogP contribution in [0, 0.1) is 6.61 Å². The summed E-state index contributed by atoms with van der Waals surface area (Å²) in [5.74, 6) is 0. The fourth-order valence-electron chi connectivity index (χ4n) is 4.56. The average Bonchev–Trinajstić information content (AvgIpc) is 3.00. The molecule has 0 spiro atoms. The van der Waals surface area contributed by atoms with Crippen molar-refractivity contribution in [2.75, 3.05) is 6.61 Å². The second-order valence-corrected chi connectivity index (χ2v) is 9.59. The topological polar surface area (TPSA) is 46.2 Å². The highest BCUT2D eigenvalue weighted by Gasteiger charge is 2.43. The van der Waals surface area contributed by atoms with Crippen LogP contribution in [0.4, 0.5) is 0 Å². The van der Waals surface area contributed by atoms with Gasteiger partial charge >= 0.3 is 0 Å². The van der Waals surface area contributed by atoms with Crippen molar-refractivity contribution in [1.82, 2.24) is 0 Å². The number of benzene rings is 4. The van der Waals surface area contributed by atoms with Crippen molar-refractivity contribution >= 4 is 0 Å². The third-order valence-electron chi connectivity index (χ3n) is 6.65. The largest absolute Gasteiger partial charge is 0.374 e. The molecule has 1 heterocycles. The summed E-state index contributed by atoms with van der Waals surface area (Å²) in [4.78, 5) is 0. The minimum absolute atomic E-state index is 0.352. The van der Waals surface area contributed by atoms with Crippen LogP contribution in [-0.2, 0) is 50.1 Å². The molecule has 1 radical (unpaired) electrons. The van der Waals surface area contributed by atoms with Crippen molar-refractivity contribution in [3.63, 3.8) is 0 Å². The van der Waals surface area contributed by atoms with E-state index in [1.165, 1.54) is 0 Å². The van der Waals surface area contributed by atoms with Crippen molar-refractivity contribution in [3.05, 3.63) is 150 Å². The molecule has 1 saturated heterocycles. The Bertz CT molecular complexity index is 1200. The summed E-state index contributed by atoms with van der Waals surface area (Å²) >= 11 is 0. The molecule has 1 aliphatic heterocycles. The summed E-state index contributed by atoms with van der Waals surface area (Å²) in [6, 6.07) is 40.5. The molecule has 1 aliphatic rings. The van der Waals surface area contributed by atoms with E-state index < -0.39 is 18.3 Å². The zero-order valence-electron chi connectivity index (χ0n) is 22.0. The lowest BCUT2D eigenvalue weighted by molar-refractivity contribution is -0.227. The van der Waals surface area contributed by atoms with E-state index >= 15 is 0 Å². The Morgan fingerprint density at radius 1 is 0.462 bits per heavy atom. The van der Waals surface area contributed by atoms with Crippen LogP contribution in [0.2, 0.25) is 0 Å². The van der Waals surface area contributed by atoms with Gasteiger partial charge in [-0.1, -0.05) is 121 Å². The molecule has 4 aromatic carbocycles. The Hall–Kier alpha value is -3.32. The fraction of sp³-hybridized carbons (Fsp3) is 0.265. The summed E-state index contributed by atoms with van der Waals surface area (Å²) < 4.78 is 31.8. The highest BCUT2D eigenvalue weighted by Crippen LogP contribution is 2.29. The van der Waals surface area contributed by atoms with E-state index in [4.69, 9.17) is 23.7 Å². The normalized spacial score (nSPS) is 21.0. The van der Waals surface area contributed by atoms with Gasteiger partial charge in [-0.3, -0.25) is 0 Å². The van der Waals surface area contributed by atoms with E-state index in [1.54, 1.807) is 6.61 Å². The molecule has 4 aromatic rings. The van der Waals surface area contributed by atoms with Crippen molar-refractivity contribution in [1.29, 1.82) is 0 Å². The summed E-state index contributed by atoms with van der Waals surface area (Å²) in [5.41, 5.74) is 4.37. The molecule has 4 atom stereocenters. The van der Waals surface area contributed by atoms with Gasteiger partial charge in [-0.15, -0.1) is 0 Å². The zero-order valence-corrected chi connectivity index (χ0v) is 22.0. The first-order chi connectivity index (χ1) is 19.3. The molecule has 201 valence electrons. The Labute approximate surface area is 231 Å². The number of hydrogen-bond donors (Lipinski definition) is 0. The fourth-order valence-corrected chi connectivity index (χ4v) is 4.56. The molecular formula is C34H35O5. The van der Waals surface area contributed by atoms with Crippen LogP contribution < -0.4 is 0 Å². The maximum Gasteiger partial charge on any atom is 0.116 e. The monoisotopic (exact) mass is 523 g/mol. The van der Waals surface area contributed by atoms with E-state index in [0.717, 1.165) is 22.3 Å². The lowest BCUT2D eigenvalue weighted by Gasteiger charge is -2.41. The lowest BCUT2D eigenvalue weighted by atomic mass is 9.99. The first kappa shape index (κ1) is 27.3. The van der Waals surface area contributed by atoms with Crippen molar-refractivity contribution in [3.8, 4) is 0 Å². The quantitative estimate of drug-likeness (QED) is 0.200. The van der Waals surface area contributed by atoms with Crippen LogP contribution in [-0.4, -0.2) is 31.0 Å². The average molecular weight is 524 g/mol. The van der Waals surface area contributed by atoms with Gasteiger partial charge in [0.25, 0.3) is 0 Å². The van der Waals surface area contributed by atoms with Gasteiger partial charge < -0.3 is 23.7 Å². The Morgan fingerprint density at radius 2 is 0.872 bits per heavy atom. The molecule has 5 rings (SSSR count). The second-order valence-electron chi connectivity index (χ2n) is 9.59. The molecule has 0 amide bonds. The van der Waals surface area contributed by atoms with E-state index in [0.29, 0.717) is 33.0 Å². The molecule has 1 fully saturated rings. The van der Waals surface area contributed by atoms with Crippen LogP contribution in [0.15, 0.2) is 121 Å². The lowest BCUT2D eigenvalue weighted by Crippen LogP contribution is -2.55. The van der Waals surface area contributed by atoms with Gasteiger partial charge in [0.2, 0.25) is 0 Å². The SMILES string of the molecule is [CH]1O[C@H](COCc2ccccc2)[C@H](OCc2ccccc2)[C@H](OCc2ccccc2)[C@H]1OCc1ccccc1. The highest BCUT2D eigenvalue weighted by molar-refractivity contribution is 5.16.